The largest absolute Gasteiger partial charge is 0.399 e. The molecule has 0 bridgehead atoms. The van der Waals surface area contributed by atoms with E-state index in [1.165, 1.54) is 5.56 Å². The van der Waals surface area contributed by atoms with E-state index in [2.05, 4.69) is 6.07 Å². The van der Waals surface area contributed by atoms with Gasteiger partial charge < -0.3 is 10.6 Å². The van der Waals surface area contributed by atoms with E-state index >= 15 is 0 Å². The second kappa shape index (κ2) is 4.18. The van der Waals surface area contributed by atoms with Crippen molar-refractivity contribution in [3.05, 3.63) is 59.7 Å². The summed E-state index contributed by atoms with van der Waals surface area (Å²) in [7, 11) is 0. The molecule has 0 aromatic heterocycles. The molecule has 0 spiro atoms. The highest BCUT2D eigenvalue weighted by Crippen LogP contribution is 2.28. The average Bonchev–Trinajstić information content (AvgIpc) is 2.82. The monoisotopic (exact) mass is 238 g/mol. The van der Waals surface area contributed by atoms with Crippen molar-refractivity contribution in [2.24, 2.45) is 0 Å². The van der Waals surface area contributed by atoms with Crippen molar-refractivity contribution in [3.63, 3.8) is 0 Å². The molecule has 0 atom stereocenters. The van der Waals surface area contributed by atoms with Crippen LogP contribution in [0.4, 0.5) is 11.4 Å². The lowest BCUT2D eigenvalue weighted by molar-refractivity contribution is 0.0989. The van der Waals surface area contributed by atoms with Crippen molar-refractivity contribution in [1.82, 2.24) is 0 Å². The van der Waals surface area contributed by atoms with Crippen molar-refractivity contribution in [1.29, 1.82) is 0 Å². The minimum atomic E-state index is 0.0416. The van der Waals surface area contributed by atoms with Crippen molar-refractivity contribution < 1.29 is 4.79 Å². The van der Waals surface area contributed by atoms with Gasteiger partial charge in [0.05, 0.1) is 0 Å². The SMILES string of the molecule is Nc1ccc(C(=O)N2CCc3ccccc32)cc1. The van der Waals surface area contributed by atoms with Crippen LogP contribution in [0.25, 0.3) is 0 Å². The van der Waals surface area contributed by atoms with Gasteiger partial charge in [0.2, 0.25) is 0 Å². The molecule has 2 N–H and O–H groups in total. The number of amides is 1. The van der Waals surface area contributed by atoms with Gasteiger partial charge in [0.25, 0.3) is 5.91 Å². The normalized spacial score (nSPS) is 13.4. The summed E-state index contributed by atoms with van der Waals surface area (Å²) < 4.78 is 0. The number of fused-ring (bicyclic) bond motifs is 1. The van der Waals surface area contributed by atoms with Crippen molar-refractivity contribution in [3.8, 4) is 0 Å². The van der Waals surface area contributed by atoms with E-state index < -0.39 is 0 Å². The quantitative estimate of drug-likeness (QED) is 0.776. The number of anilines is 2. The summed E-state index contributed by atoms with van der Waals surface area (Å²) in [5.41, 5.74) is 9.25. The molecule has 90 valence electrons. The number of nitrogens with zero attached hydrogens (tertiary/aromatic N) is 1. The van der Waals surface area contributed by atoms with E-state index in [9.17, 15) is 4.79 Å². The number of hydrogen-bond acceptors (Lipinski definition) is 2. The summed E-state index contributed by atoms with van der Waals surface area (Å²) in [6, 6.07) is 15.1. The summed E-state index contributed by atoms with van der Waals surface area (Å²) in [6.07, 6.45) is 0.927. The number of nitrogens with two attached hydrogens (primary N) is 1. The van der Waals surface area contributed by atoms with Gasteiger partial charge in [-0.3, -0.25) is 4.79 Å². The molecule has 3 rings (SSSR count). The number of benzene rings is 2. The number of nitrogen functional groups attached to an aromatic ring is 1. The molecule has 0 aliphatic carbocycles. The van der Waals surface area contributed by atoms with Crippen LogP contribution < -0.4 is 10.6 Å². The zero-order valence-corrected chi connectivity index (χ0v) is 9.97. The van der Waals surface area contributed by atoms with Gasteiger partial charge in [-0.25, -0.2) is 0 Å². The average molecular weight is 238 g/mol. The molecule has 3 heteroatoms. The molecule has 0 radical (unpaired) electrons. The lowest BCUT2D eigenvalue weighted by Crippen LogP contribution is -2.28. The van der Waals surface area contributed by atoms with Gasteiger partial charge in [-0.2, -0.15) is 0 Å². The van der Waals surface area contributed by atoms with Crippen LogP contribution in [0.2, 0.25) is 0 Å². The second-order valence-corrected chi connectivity index (χ2v) is 4.46. The molecule has 0 saturated carbocycles. The molecule has 1 aliphatic heterocycles. The number of carbonyl (C=O) groups is 1. The van der Waals surface area contributed by atoms with Crippen LogP contribution in [0.15, 0.2) is 48.5 Å². The predicted octanol–water partition coefficient (Wildman–Crippen LogP) is 2.47. The van der Waals surface area contributed by atoms with Crippen molar-refractivity contribution in [2.75, 3.05) is 17.2 Å². The Labute approximate surface area is 106 Å². The zero-order chi connectivity index (χ0) is 12.5. The first-order valence-electron chi connectivity index (χ1n) is 6.01. The topological polar surface area (TPSA) is 46.3 Å². The Morgan fingerprint density at radius 1 is 1.06 bits per heavy atom. The van der Waals surface area contributed by atoms with Gasteiger partial charge in [-0.15, -0.1) is 0 Å². The maximum atomic E-state index is 12.4. The molecule has 3 nitrogen and oxygen atoms in total. The fourth-order valence-corrected chi connectivity index (χ4v) is 2.33. The number of rotatable bonds is 1. The molecular weight excluding hydrogens is 224 g/mol. The van der Waals surface area contributed by atoms with Crippen LogP contribution in [-0.2, 0) is 6.42 Å². The lowest BCUT2D eigenvalue weighted by atomic mass is 10.1. The van der Waals surface area contributed by atoms with Crippen molar-refractivity contribution >= 4 is 17.3 Å². The maximum Gasteiger partial charge on any atom is 0.258 e. The Morgan fingerprint density at radius 3 is 2.56 bits per heavy atom. The van der Waals surface area contributed by atoms with Gasteiger partial charge in [0.15, 0.2) is 0 Å². The standard InChI is InChI=1S/C15H14N2O/c16-13-7-5-12(6-8-13)15(18)17-10-9-11-3-1-2-4-14(11)17/h1-8H,9-10,16H2. The molecule has 2 aromatic rings. The van der Waals surface area contributed by atoms with Crippen LogP contribution in [0.1, 0.15) is 15.9 Å². The van der Waals surface area contributed by atoms with E-state index in [0.717, 1.165) is 18.7 Å². The molecule has 1 amide bonds. The van der Waals surface area contributed by atoms with Crippen LogP contribution in [0, 0.1) is 0 Å². The van der Waals surface area contributed by atoms with Gasteiger partial charge in [0, 0.05) is 23.5 Å². The maximum absolute atomic E-state index is 12.4. The third kappa shape index (κ3) is 1.74. The summed E-state index contributed by atoms with van der Waals surface area (Å²) in [5, 5.41) is 0. The Kier molecular flexibility index (Phi) is 2.52. The van der Waals surface area contributed by atoms with E-state index in [4.69, 9.17) is 5.73 Å². The first-order valence-corrected chi connectivity index (χ1v) is 6.01. The molecule has 1 aliphatic rings. The van der Waals surface area contributed by atoms with Gasteiger partial charge in [0.1, 0.15) is 0 Å². The molecule has 2 aromatic carbocycles. The number of para-hydroxylation sites is 1. The smallest absolute Gasteiger partial charge is 0.258 e. The Balaban J connectivity index is 1.93. The summed E-state index contributed by atoms with van der Waals surface area (Å²) in [4.78, 5) is 14.2. The first-order chi connectivity index (χ1) is 8.75. The van der Waals surface area contributed by atoms with Crippen LogP contribution >= 0.6 is 0 Å². The van der Waals surface area contributed by atoms with E-state index in [0.29, 0.717) is 11.3 Å². The fourth-order valence-electron chi connectivity index (χ4n) is 2.33. The fraction of sp³-hybridized carbons (Fsp3) is 0.133. The third-order valence-corrected chi connectivity index (χ3v) is 3.29. The highest BCUT2D eigenvalue weighted by Gasteiger charge is 2.24. The van der Waals surface area contributed by atoms with Gasteiger partial charge in [-0.1, -0.05) is 18.2 Å². The van der Waals surface area contributed by atoms with Gasteiger partial charge in [-0.05, 0) is 42.3 Å². The molecule has 0 saturated heterocycles. The summed E-state index contributed by atoms with van der Waals surface area (Å²) in [5.74, 6) is 0.0416. The third-order valence-electron chi connectivity index (χ3n) is 3.29. The highest BCUT2D eigenvalue weighted by molar-refractivity contribution is 6.07. The summed E-state index contributed by atoms with van der Waals surface area (Å²) >= 11 is 0. The molecule has 18 heavy (non-hydrogen) atoms. The molecule has 0 fully saturated rings. The summed E-state index contributed by atoms with van der Waals surface area (Å²) in [6.45, 7) is 0.753. The van der Waals surface area contributed by atoms with Crippen LogP contribution in [0.3, 0.4) is 0 Å². The molecule has 1 heterocycles. The minimum Gasteiger partial charge on any atom is -0.399 e. The first kappa shape index (κ1) is 10.8. The Morgan fingerprint density at radius 2 is 1.78 bits per heavy atom. The zero-order valence-electron chi connectivity index (χ0n) is 9.97. The van der Waals surface area contributed by atoms with Crippen molar-refractivity contribution in [2.45, 2.75) is 6.42 Å². The minimum absolute atomic E-state index is 0.0416. The second-order valence-electron chi connectivity index (χ2n) is 4.46. The Hall–Kier alpha value is -2.29. The molecule has 0 unspecified atom stereocenters. The molecular formula is C15H14N2O. The Bertz CT molecular complexity index is 590. The van der Waals surface area contributed by atoms with E-state index in [1.807, 2.05) is 23.1 Å². The van der Waals surface area contributed by atoms with E-state index in [1.54, 1.807) is 24.3 Å². The van der Waals surface area contributed by atoms with Gasteiger partial charge >= 0.3 is 0 Å². The predicted molar refractivity (Wildman–Crippen MR) is 72.7 cm³/mol. The van der Waals surface area contributed by atoms with Crippen LogP contribution in [0.5, 0.6) is 0 Å². The van der Waals surface area contributed by atoms with Crippen LogP contribution in [-0.4, -0.2) is 12.5 Å². The lowest BCUT2D eigenvalue weighted by Gasteiger charge is -2.17. The highest BCUT2D eigenvalue weighted by atomic mass is 16.2. The van der Waals surface area contributed by atoms with E-state index in [-0.39, 0.29) is 5.91 Å². The number of carbonyl (C=O) groups excluding carboxylic acids is 1. The number of hydrogen-bond donors (Lipinski definition) is 1.